The summed E-state index contributed by atoms with van der Waals surface area (Å²) in [6.07, 6.45) is 2.72. The van der Waals surface area contributed by atoms with Gasteiger partial charge in [0.05, 0.1) is 16.1 Å². The molecular weight excluding hydrogens is 381 g/mol. The van der Waals surface area contributed by atoms with Gasteiger partial charge in [-0.2, -0.15) is 0 Å². The predicted molar refractivity (Wildman–Crippen MR) is 107 cm³/mol. The Balaban J connectivity index is 1.75. The number of amides is 2. The first kappa shape index (κ1) is 19.5. The van der Waals surface area contributed by atoms with E-state index in [1.165, 1.54) is 30.6 Å². The van der Waals surface area contributed by atoms with Crippen LogP contribution in [0.1, 0.15) is 31.8 Å². The molecule has 0 spiro atoms. The first-order chi connectivity index (χ1) is 13.3. The number of halogens is 2. The quantitative estimate of drug-likeness (QED) is 0.651. The van der Waals surface area contributed by atoms with Gasteiger partial charge < -0.3 is 10.6 Å². The van der Waals surface area contributed by atoms with Crippen molar-refractivity contribution in [1.82, 2.24) is 4.98 Å². The van der Waals surface area contributed by atoms with Crippen LogP contribution in [0, 0.1) is 19.7 Å². The minimum atomic E-state index is -0.577. The summed E-state index contributed by atoms with van der Waals surface area (Å²) in [5, 5.41) is 5.28. The predicted octanol–water partition coefficient (Wildman–Crippen LogP) is 5.00. The molecule has 28 heavy (non-hydrogen) atoms. The van der Waals surface area contributed by atoms with Crippen molar-refractivity contribution in [2.45, 2.75) is 13.8 Å². The zero-order valence-corrected chi connectivity index (χ0v) is 16.0. The molecule has 3 aromatic rings. The van der Waals surface area contributed by atoms with Crippen LogP contribution in [0.25, 0.3) is 0 Å². The lowest BCUT2D eigenvalue weighted by molar-refractivity contribution is 0.102. The molecule has 0 saturated heterocycles. The number of pyridine rings is 1. The highest BCUT2D eigenvalue weighted by molar-refractivity contribution is 6.31. The number of aryl methyl sites for hydroxylation is 2. The van der Waals surface area contributed by atoms with E-state index in [0.29, 0.717) is 11.4 Å². The molecule has 0 unspecified atom stereocenters. The second kappa shape index (κ2) is 8.19. The second-order valence-electron chi connectivity index (χ2n) is 6.30. The highest BCUT2D eigenvalue weighted by Crippen LogP contribution is 2.20. The van der Waals surface area contributed by atoms with Gasteiger partial charge in [-0.25, -0.2) is 4.39 Å². The van der Waals surface area contributed by atoms with Crippen molar-refractivity contribution < 1.29 is 14.0 Å². The maximum atomic E-state index is 13.2. The number of carbonyl (C=O) groups excluding carboxylic acids is 2. The number of nitrogens with zero attached hydrogens (tertiary/aromatic N) is 1. The van der Waals surface area contributed by atoms with E-state index in [4.69, 9.17) is 11.6 Å². The van der Waals surface area contributed by atoms with Gasteiger partial charge in [-0.15, -0.1) is 0 Å². The van der Waals surface area contributed by atoms with E-state index in [2.05, 4.69) is 15.6 Å². The normalized spacial score (nSPS) is 10.4. The largest absolute Gasteiger partial charge is 0.322 e. The van der Waals surface area contributed by atoms with Gasteiger partial charge in [-0.3, -0.25) is 14.6 Å². The number of hydrogen-bond acceptors (Lipinski definition) is 3. The molecule has 2 N–H and O–H groups in total. The lowest BCUT2D eigenvalue weighted by Crippen LogP contribution is -2.16. The number of benzene rings is 2. The molecular formula is C21H17ClFN3O2. The minimum absolute atomic E-state index is 0.0996. The molecule has 5 nitrogen and oxygen atoms in total. The second-order valence-corrected chi connectivity index (χ2v) is 6.71. The topological polar surface area (TPSA) is 71.1 Å². The van der Waals surface area contributed by atoms with E-state index in [0.717, 1.165) is 17.2 Å². The Labute approximate surface area is 166 Å². The first-order valence-corrected chi connectivity index (χ1v) is 8.81. The lowest BCUT2D eigenvalue weighted by atomic mass is 10.1. The fourth-order valence-electron chi connectivity index (χ4n) is 2.49. The summed E-state index contributed by atoms with van der Waals surface area (Å²) in [6, 6.07) is 10.9. The molecule has 1 aromatic heterocycles. The summed E-state index contributed by atoms with van der Waals surface area (Å²) in [7, 11) is 0. The Kier molecular flexibility index (Phi) is 5.70. The number of hydrogen-bond donors (Lipinski definition) is 2. The van der Waals surface area contributed by atoms with Gasteiger partial charge in [0.15, 0.2) is 0 Å². The first-order valence-electron chi connectivity index (χ1n) is 8.43. The average Bonchev–Trinajstić information content (AvgIpc) is 2.67. The van der Waals surface area contributed by atoms with Crippen LogP contribution in [0.4, 0.5) is 15.8 Å². The molecule has 7 heteroatoms. The molecule has 0 aliphatic carbocycles. The molecule has 2 amide bonds. The molecule has 0 fully saturated rings. The van der Waals surface area contributed by atoms with Gasteiger partial charge in [-0.1, -0.05) is 17.7 Å². The van der Waals surface area contributed by atoms with Crippen LogP contribution in [-0.4, -0.2) is 16.8 Å². The molecule has 0 atom stereocenters. The van der Waals surface area contributed by atoms with Crippen molar-refractivity contribution in [3.8, 4) is 0 Å². The van der Waals surface area contributed by atoms with Gasteiger partial charge in [0.2, 0.25) is 0 Å². The Hall–Kier alpha value is -3.25. The van der Waals surface area contributed by atoms with E-state index in [-0.39, 0.29) is 22.1 Å². The van der Waals surface area contributed by atoms with Crippen LogP contribution in [0.3, 0.4) is 0 Å². The lowest BCUT2D eigenvalue weighted by Gasteiger charge is -2.09. The van der Waals surface area contributed by atoms with Crippen LogP contribution < -0.4 is 10.6 Å². The summed E-state index contributed by atoms with van der Waals surface area (Å²) in [6.45, 7) is 3.94. The summed E-state index contributed by atoms with van der Waals surface area (Å²) in [5.74, 6) is -1.45. The number of aromatic nitrogens is 1. The monoisotopic (exact) mass is 397 g/mol. The van der Waals surface area contributed by atoms with E-state index in [1.54, 1.807) is 0 Å². The fraction of sp³-hybridized carbons (Fsp3) is 0.0952. The third-order valence-electron chi connectivity index (χ3n) is 4.20. The molecule has 0 aliphatic heterocycles. The zero-order chi connectivity index (χ0) is 20.3. The average molecular weight is 398 g/mol. The van der Waals surface area contributed by atoms with Crippen LogP contribution in [0.2, 0.25) is 5.02 Å². The number of carbonyl (C=O) groups is 2. The smallest absolute Gasteiger partial charge is 0.257 e. The molecule has 0 saturated carbocycles. The maximum Gasteiger partial charge on any atom is 0.257 e. The van der Waals surface area contributed by atoms with E-state index >= 15 is 0 Å². The highest BCUT2D eigenvalue weighted by Gasteiger charge is 2.13. The number of nitrogens with one attached hydrogen (secondary N) is 2. The molecule has 0 aliphatic rings. The summed E-state index contributed by atoms with van der Waals surface area (Å²) in [4.78, 5) is 28.9. The van der Waals surface area contributed by atoms with Gasteiger partial charge in [-0.05, 0) is 61.4 Å². The Morgan fingerprint density at radius 3 is 2.00 bits per heavy atom. The van der Waals surface area contributed by atoms with Crippen LogP contribution >= 0.6 is 11.6 Å². The van der Waals surface area contributed by atoms with Crippen molar-refractivity contribution in [3.63, 3.8) is 0 Å². The Bertz CT molecular complexity index is 989. The van der Waals surface area contributed by atoms with Gasteiger partial charge in [0, 0.05) is 23.8 Å². The Morgan fingerprint density at radius 1 is 0.857 bits per heavy atom. The minimum Gasteiger partial charge on any atom is -0.322 e. The molecule has 1 heterocycles. The number of rotatable bonds is 4. The summed E-state index contributed by atoms with van der Waals surface area (Å²) < 4.78 is 13.2. The number of anilines is 2. The van der Waals surface area contributed by atoms with E-state index in [1.807, 2.05) is 32.0 Å². The zero-order valence-electron chi connectivity index (χ0n) is 15.2. The van der Waals surface area contributed by atoms with E-state index in [9.17, 15) is 14.0 Å². The third kappa shape index (κ3) is 4.53. The fourth-order valence-corrected chi connectivity index (χ4v) is 2.67. The maximum absolute atomic E-state index is 13.2. The standard InChI is InChI=1S/C21H17ClFN3O2/c1-12-3-4-16(7-13(12)2)25-20(27)14-8-15(11-24-10-14)21(28)26-17-5-6-19(23)18(22)9-17/h3-11H,1-2H3,(H,25,27)(H,26,28). The van der Waals surface area contributed by atoms with Crippen molar-refractivity contribution in [3.05, 3.63) is 88.0 Å². The van der Waals surface area contributed by atoms with Crippen molar-refractivity contribution in [2.75, 3.05) is 10.6 Å². The molecule has 3 rings (SSSR count). The SMILES string of the molecule is Cc1ccc(NC(=O)c2cncc(C(=O)Nc3ccc(F)c(Cl)c3)c2)cc1C. The third-order valence-corrected chi connectivity index (χ3v) is 4.49. The molecule has 0 radical (unpaired) electrons. The van der Waals surface area contributed by atoms with Gasteiger partial charge >= 0.3 is 0 Å². The van der Waals surface area contributed by atoms with Crippen molar-refractivity contribution >= 4 is 34.8 Å². The Morgan fingerprint density at radius 2 is 1.43 bits per heavy atom. The van der Waals surface area contributed by atoms with Crippen LogP contribution in [0.5, 0.6) is 0 Å². The molecule has 142 valence electrons. The van der Waals surface area contributed by atoms with E-state index < -0.39 is 11.7 Å². The molecule has 0 bridgehead atoms. The van der Waals surface area contributed by atoms with Crippen molar-refractivity contribution in [1.29, 1.82) is 0 Å². The van der Waals surface area contributed by atoms with Gasteiger partial charge in [0.1, 0.15) is 5.82 Å². The van der Waals surface area contributed by atoms with Gasteiger partial charge in [0.25, 0.3) is 11.8 Å². The van der Waals surface area contributed by atoms with Crippen molar-refractivity contribution in [2.24, 2.45) is 0 Å². The highest BCUT2D eigenvalue weighted by atomic mass is 35.5. The summed E-state index contributed by atoms with van der Waals surface area (Å²) >= 11 is 5.72. The summed E-state index contributed by atoms with van der Waals surface area (Å²) in [5.41, 5.74) is 3.60. The van der Waals surface area contributed by atoms with Crippen LogP contribution in [-0.2, 0) is 0 Å². The van der Waals surface area contributed by atoms with Crippen LogP contribution in [0.15, 0.2) is 54.9 Å². The molecule has 2 aromatic carbocycles.